The molecule has 0 heterocycles. The molecule has 5 heteroatoms. The smallest absolute Gasteiger partial charge is 0.328 e. The van der Waals surface area contributed by atoms with Gasteiger partial charge in [0, 0.05) is 6.42 Å². The summed E-state index contributed by atoms with van der Waals surface area (Å²) in [5, 5.41) is 11.2. The number of amides is 1. The number of hydrogen-bond acceptors (Lipinski definition) is 4. The van der Waals surface area contributed by atoms with Gasteiger partial charge in [0.05, 0.1) is 19.6 Å². The number of unbranched alkanes of at least 4 members (excludes halogenated alkanes) is 1. The van der Waals surface area contributed by atoms with Crippen LogP contribution in [0, 0.1) is 11.3 Å². The third-order valence-corrected chi connectivity index (χ3v) is 2.81. The zero-order valence-corrected chi connectivity index (χ0v) is 11.5. The molecule has 0 saturated carbocycles. The van der Waals surface area contributed by atoms with Crippen LogP contribution in [0.1, 0.15) is 24.8 Å². The van der Waals surface area contributed by atoms with Crippen molar-refractivity contribution in [1.82, 2.24) is 5.32 Å². The van der Waals surface area contributed by atoms with E-state index in [9.17, 15) is 9.59 Å². The maximum Gasteiger partial charge on any atom is 0.328 e. The molecule has 1 aromatic rings. The molecule has 1 rings (SSSR count). The quantitative estimate of drug-likeness (QED) is 0.604. The number of hydrogen-bond donors (Lipinski definition) is 1. The van der Waals surface area contributed by atoms with Gasteiger partial charge in [0.1, 0.15) is 6.04 Å². The Bertz CT molecular complexity index is 480. The summed E-state index contributed by atoms with van der Waals surface area (Å²) in [6.07, 6.45) is 1.51. The number of carbonyl (C=O) groups is 2. The van der Waals surface area contributed by atoms with Crippen molar-refractivity contribution < 1.29 is 14.3 Å². The Hall–Kier alpha value is -2.35. The molecule has 0 aromatic heterocycles. The molecule has 1 aromatic carbocycles. The van der Waals surface area contributed by atoms with Gasteiger partial charge in [-0.3, -0.25) is 4.79 Å². The summed E-state index contributed by atoms with van der Waals surface area (Å²) in [7, 11) is 1.28. The van der Waals surface area contributed by atoms with Crippen molar-refractivity contribution in [2.24, 2.45) is 0 Å². The summed E-state index contributed by atoms with van der Waals surface area (Å²) in [6.45, 7) is 0. The van der Waals surface area contributed by atoms with Gasteiger partial charge >= 0.3 is 5.97 Å². The fourth-order valence-corrected chi connectivity index (χ4v) is 1.80. The molecule has 0 fully saturated rings. The van der Waals surface area contributed by atoms with E-state index in [0.717, 1.165) is 5.56 Å². The first-order valence-corrected chi connectivity index (χ1v) is 6.45. The van der Waals surface area contributed by atoms with Crippen LogP contribution in [-0.2, 0) is 20.7 Å². The minimum atomic E-state index is -0.690. The maximum absolute atomic E-state index is 11.9. The van der Waals surface area contributed by atoms with Gasteiger partial charge < -0.3 is 10.1 Å². The van der Waals surface area contributed by atoms with Gasteiger partial charge in [-0.1, -0.05) is 30.3 Å². The van der Waals surface area contributed by atoms with Gasteiger partial charge in [-0.2, -0.15) is 5.26 Å². The van der Waals surface area contributed by atoms with Crippen LogP contribution >= 0.6 is 0 Å². The van der Waals surface area contributed by atoms with Gasteiger partial charge in [0.25, 0.3) is 0 Å². The molecule has 0 radical (unpaired) electrons. The van der Waals surface area contributed by atoms with Gasteiger partial charge in [0.15, 0.2) is 0 Å². The molecule has 0 aliphatic rings. The Kier molecular flexibility index (Phi) is 6.83. The van der Waals surface area contributed by atoms with Crippen molar-refractivity contribution in [3.05, 3.63) is 35.9 Å². The van der Waals surface area contributed by atoms with E-state index < -0.39 is 12.0 Å². The highest BCUT2D eigenvalue weighted by Gasteiger charge is 2.20. The molecule has 0 spiro atoms. The zero-order chi connectivity index (χ0) is 14.8. The van der Waals surface area contributed by atoms with Crippen molar-refractivity contribution in [3.8, 4) is 6.07 Å². The van der Waals surface area contributed by atoms with Gasteiger partial charge in [-0.05, 0) is 18.4 Å². The highest BCUT2D eigenvalue weighted by Crippen LogP contribution is 2.04. The molecule has 106 valence electrons. The predicted molar refractivity (Wildman–Crippen MR) is 73.6 cm³/mol. The first kappa shape index (κ1) is 15.7. The van der Waals surface area contributed by atoms with E-state index in [-0.39, 0.29) is 12.3 Å². The molecule has 0 bridgehead atoms. The fraction of sp³-hybridized carbons (Fsp3) is 0.400. The van der Waals surface area contributed by atoms with E-state index in [4.69, 9.17) is 5.26 Å². The van der Waals surface area contributed by atoms with Gasteiger partial charge in [0.2, 0.25) is 5.91 Å². The number of benzene rings is 1. The third-order valence-electron chi connectivity index (χ3n) is 2.81. The summed E-state index contributed by atoms with van der Waals surface area (Å²) in [4.78, 5) is 23.5. The SMILES string of the molecule is COC(=O)[C@@H](CCCC#N)NC(=O)Cc1ccccc1. The standard InChI is InChI=1S/C15H18N2O3/c1-20-15(19)13(9-5-6-10-16)17-14(18)11-12-7-3-2-4-8-12/h2-4,7-8,13H,5-6,9,11H2,1H3,(H,17,18)/t13-/m1/s1. The highest BCUT2D eigenvalue weighted by molar-refractivity contribution is 5.85. The van der Waals surface area contributed by atoms with Crippen LogP contribution in [-0.4, -0.2) is 25.0 Å². The number of methoxy groups -OCH3 is 1. The summed E-state index contributed by atoms with van der Waals surface area (Å²) in [5.74, 6) is -0.715. The van der Waals surface area contributed by atoms with E-state index in [1.165, 1.54) is 7.11 Å². The zero-order valence-electron chi connectivity index (χ0n) is 11.5. The van der Waals surface area contributed by atoms with E-state index in [0.29, 0.717) is 19.3 Å². The normalized spacial score (nSPS) is 11.2. The predicted octanol–water partition coefficient (Wildman–Crippen LogP) is 1.58. The number of esters is 1. The lowest BCUT2D eigenvalue weighted by atomic mass is 10.1. The summed E-state index contributed by atoms with van der Waals surface area (Å²) >= 11 is 0. The Morgan fingerprint density at radius 1 is 1.35 bits per heavy atom. The van der Waals surface area contributed by atoms with Crippen LogP contribution in [0.25, 0.3) is 0 Å². The highest BCUT2D eigenvalue weighted by atomic mass is 16.5. The molecule has 0 aliphatic carbocycles. The summed E-state index contributed by atoms with van der Waals surface area (Å²) in [5.41, 5.74) is 0.880. The molecule has 1 amide bonds. The lowest BCUT2D eigenvalue weighted by Gasteiger charge is -2.15. The molecule has 1 N–H and O–H groups in total. The summed E-state index contributed by atoms with van der Waals surface area (Å²) < 4.78 is 4.66. The van der Waals surface area contributed by atoms with Crippen LogP contribution in [0.3, 0.4) is 0 Å². The number of rotatable bonds is 7. The van der Waals surface area contributed by atoms with Crippen molar-refractivity contribution in [2.45, 2.75) is 31.7 Å². The van der Waals surface area contributed by atoms with Crippen LogP contribution in [0.15, 0.2) is 30.3 Å². The first-order valence-electron chi connectivity index (χ1n) is 6.45. The Balaban J connectivity index is 2.53. The Morgan fingerprint density at radius 2 is 2.05 bits per heavy atom. The molecule has 20 heavy (non-hydrogen) atoms. The number of nitrogens with one attached hydrogen (secondary N) is 1. The Morgan fingerprint density at radius 3 is 2.65 bits per heavy atom. The van der Waals surface area contributed by atoms with Crippen LogP contribution < -0.4 is 5.32 Å². The van der Waals surface area contributed by atoms with Crippen molar-refractivity contribution in [3.63, 3.8) is 0 Å². The van der Waals surface area contributed by atoms with E-state index in [1.54, 1.807) is 0 Å². The fourth-order valence-electron chi connectivity index (χ4n) is 1.80. The number of ether oxygens (including phenoxy) is 1. The van der Waals surface area contributed by atoms with Crippen LogP contribution in [0.2, 0.25) is 0 Å². The van der Waals surface area contributed by atoms with Crippen molar-refractivity contribution in [1.29, 1.82) is 5.26 Å². The first-order chi connectivity index (χ1) is 9.67. The van der Waals surface area contributed by atoms with Crippen LogP contribution in [0.4, 0.5) is 0 Å². The lowest BCUT2D eigenvalue weighted by Crippen LogP contribution is -2.42. The topological polar surface area (TPSA) is 79.2 Å². The van der Waals surface area contributed by atoms with E-state index in [1.807, 2.05) is 36.4 Å². The monoisotopic (exact) mass is 274 g/mol. The van der Waals surface area contributed by atoms with Gasteiger partial charge in [-0.25, -0.2) is 4.79 Å². The minimum absolute atomic E-state index is 0.215. The van der Waals surface area contributed by atoms with Crippen LogP contribution in [0.5, 0.6) is 0 Å². The third kappa shape index (κ3) is 5.53. The molecular formula is C15H18N2O3. The second-order valence-corrected chi connectivity index (χ2v) is 4.36. The number of nitriles is 1. The molecule has 0 unspecified atom stereocenters. The number of carbonyl (C=O) groups excluding carboxylic acids is 2. The second kappa shape index (κ2) is 8.70. The van der Waals surface area contributed by atoms with E-state index >= 15 is 0 Å². The van der Waals surface area contributed by atoms with E-state index in [2.05, 4.69) is 10.1 Å². The van der Waals surface area contributed by atoms with Gasteiger partial charge in [-0.15, -0.1) is 0 Å². The molecule has 5 nitrogen and oxygen atoms in total. The second-order valence-electron chi connectivity index (χ2n) is 4.36. The average Bonchev–Trinajstić information content (AvgIpc) is 2.46. The largest absolute Gasteiger partial charge is 0.467 e. The average molecular weight is 274 g/mol. The lowest BCUT2D eigenvalue weighted by molar-refractivity contribution is -0.145. The van der Waals surface area contributed by atoms with Crippen molar-refractivity contribution >= 4 is 11.9 Å². The summed E-state index contributed by atoms with van der Waals surface area (Å²) in [6, 6.07) is 10.6. The van der Waals surface area contributed by atoms with Crippen molar-refractivity contribution in [2.75, 3.05) is 7.11 Å². The minimum Gasteiger partial charge on any atom is -0.467 e. The Labute approximate surface area is 118 Å². The molecule has 1 atom stereocenters. The molecular weight excluding hydrogens is 256 g/mol. The maximum atomic E-state index is 11.9. The number of nitrogens with zero attached hydrogens (tertiary/aromatic N) is 1. The molecule has 0 saturated heterocycles. The molecule has 0 aliphatic heterocycles.